The van der Waals surface area contributed by atoms with E-state index in [0.29, 0.717) is 16.9 Å². The van der Waals surface area contributed by atoms with E-state index in [1.54, 1.807) is 61.5 Å². The fourth-order valence-corrected chi connectivity index (χ4v) is 5.71. The number of nitrogens with zero attached hydrogens (tertiary/aromatic N) is 4. The summed E-state index contributed by atoms with van der Waals surface area (Å²) in [7, 11) is 1.48. The van der Waals surface area contributed by atoms with E-state index in [4.69, 9.17) is 14.5 Å². The third-order valence-corrected chi connectivity index (χ3v) is 7.55. The number of fused-ring (bicyclic) bond motifs is 1. The van der Waals surface area contributed by atoms with E-state index in [1.165, 1.54) is 17.8 Å². The van der Waals surface area contributed by atoms with Crippen molar-refractivity contribution in [3.63, 3.8) is 0 Å². The van der Waals surface area contributed by atoms with Crippen molar-refractivity contribution in [2.45, 2.75) is 13.0 Å². The van der Waals surface area contributed by atoms with Crippen molar-refractivity contribution >= 4 is 40.5 Å². The third kappa shape index (κ3) is 5.38. The van der Waals surface area contributed by atoms with Crippen molar-refractivity contribution in [2.75, 3.05) is 13.7 Å². The molecule has 1 aliphatic heterocycles. The highest BCUT2D eigenvalue weighted by atomic mass is 32.1. The van der Waals surface area contributed by atoms with Crippen molar-refractivity contribution in [3.8, 4) is 11.5 Å². The largest absolute Gasteiger partial charge is 0.497 e. The van der Waals surface area contributed by atoms with Crippen LogP contribution in [0.15, 0.2) is 82.1 Å². The summed E-state index contributed by atoms with van der Waals surface area (Å²) in [4.78, 5) is 53.5. The normalized spacial score (nSPS) is 14.6. The van der Waals surface area contributed by atoms with Crippen LogP contribution in [0.25, 0.3) is 11.8 Å². The third-order valence-electron chi connectivity index (χ3n) is 6.57. The summed E-state index contributed by atoms with van der Waals surface area (Å²) in [5, 5.41) is 33.0. The van der Waals surface area contributed by atoms with Crippen molar-refractivity contribution in [2.24, 2.45) is 4.99 Å². The number of rotatable bonds is 8. The number of hydrogen-bond donors (Lipinski definition) is 1. The second-order valence-corrected chi connectivity index (χ2v) is 10.1. The Morgan fingerprint density at radius 1 is 1.07 bits per heavy atom. The number of aromatic hydroxyl groups is 1. The van der Waals surface area contributed by atoms with Gasteiger partial charge in [-0.2, -0.15) is 0 Å². The predicted molar refractivity (Wildman–Crippen MR) is 155 cm³/mol. The molecule has 3 aromatic carbocycles. The maximum Gasteiger partial charge on any atom is 0.338 e. The monoisotopic (exact) mass is 602 g/mol. The van der Waals surface area contributed by atoms with Gasteiger partial charge in [-0.05, 0) is 36.3 Å². The number of carbonyl (C=O) groups is 1. The quantitative estimate of drug-likeness (QED) is 0.180. The van der Waals surface area contributed by atoms with Crippen LogP contribution < -0.4 is 19.6 Å². The van der Waals surface area contributed by atoms with Crippen LogP contribution in [0, 0.1) is 20.2 Å². The first-order valence-corrected chi connectivity index (χ1v) is 13.5. The Hall–Kier alpha value is -5.63. The molecule has 0 saturated heterocycles. The highest BCUT2D eigenvalue weighted by Crippen LogP contribution is 2.38. The molecule has 0 radical (unpaired) electrons. The molecule has 218 valence electrons. The average Bonchev–Trinajstić information content (AvgIpc) is 3.31. The number of hydrogen-bond acceptors (Lipinski definition) is 11. The van der Waals surface area contributed by atoms with Gasteiger partial charge in [0.2, 0.25) is 0 Å². The molecule has 1 N–H and O–H groups in total. The zero-order chi connectivity index (χ0) is 30.8. The van der Waals surface area contributed by atoms with E-state index in [2.05, 4.69) is 0 Å². The lowest BCUT2D eigenvalue weighted by atomic mass is 9.93. The lowest BCUT2D eigenvalue weighted by Gasteiger charge is -2.26. The molecule has 0 saturated carbocycles. The fourth-order valence-electron chi connectivity index (χ4n) is 4.71. The molecule has 5 rings (SSSR count). The molecule has 14 heteroatoms. The standard InChI is InChI=1S/C29H22N4O9S/c1-3-42-28(36)23-24(17-8-5-4-6-9-17)30-29-31(25(23)18-10-7-11-19(15-18)41-2)27(35)22(43-29)14-16-12-20(32(37)38)26(34)21(13-16)33(39)40/h4-15,25,34H,3H2,1-2H3/b22-14-/t25-/m0/s1. The molecule has 0 spiro atoms. The molecular formula is C29H22N4O9S. The van der Waals surface area contributed by atoms with Gasteiger partial charge < -0.3 is 14.6 Å². The van der Waals surface area contributed by atoms with Crippen LogP contribution in [0.3, 0.4) is 0 Å². The van der Waals surface area contributed by atoms with Gasteiger partial charge in [0.1, 0.15) is 5.75 Å². The van der Waals surface area contributed by atoms with Crippen LogP contribution in [-0.2, 0) is 9.53 Å². The Morgan fingerprint density at radius 3 is 2.35 bits per heavy atom. The topological polar surface area (TPSA) is 176 Å². The number of esters is 1. The molecule has 0 unspecified atom stereocenters. The molecule has 43 heavy (non-hydrogen) atoms. The Bertz CT molecular complexity index is 1960. The maximum atomic E-state index is 14.0. The highest BCUT2D eigenvalue weighted by Gasteiger charge is 2.35. The number of phenols is 1. The molecule has 0 bridgehead atoms. The van der Waals surface area contributed by atoms with E-state index >= 15 is 0 Å². The van der Waals surface area contributed by atoms with Crippen LogP contribution in [0.5, 0.6) is 11.5 Å². The zero-order valence-electron chi connectivity index (χ0n) is 22.6. The Labute approximate surface area is 246 Å². The lowest BCUT2D eigenvalue weighted by molar-refractivity contribution is -0.396. The molecule has 13 nitrogen and oxygen atoms in total. The molecule has 0 fully saturated rings. The summed E-state index contributed by atoms with van der Waals surface area (Å²) in [6.45, 7) is 1.73. The molecule has 2 heterocycles. The SMILES string of the molecule is CCOC(=O)C1=C(c2ccccc2)N=c2s/c(=C\c3cc([N+](=O)[O-])c(O)c([N+](=O)[O-])c3)c(=O)n2[C@H]1c1cccc(OC)c1. The Balaban J connectivity index is 1.84. The summed E-state index contributed by atoms with van der Waals surface area (Å²) in [6.07, 6.45) is 1.24. The zero-order valence-corrected chi connectivity index (χ0v) is 23.4. The number of methoxy groups -OCH3 is 1. The minimum Gasteiger partial charge on any atom is -0.497 e. The van der Waals surface area contributed by atoms with Gasteiger partial charge in [0.25, 0.3) is 11.3 Å². The first-order chi connectivity index (χ1) is 20.6. The smallest absolute Gasteiger partial charge is 0.338 e. The summed E-state index contributed by atoms with van der Waals surface area (Å²) in [5.41, 5.74) is -0.935. The van der Waals surface area contributed by atoms with E-state index < -0.39 is 44.5 Å². The molecule has 0 aliphatic carbocycles. The van der Waals surface area contributed by atoms with E-state index in [0.717, 1.165) is 23.5 Å². The van der Waals surface area contributed by atoms with E-state index in [-0.39, 0.29) is 32.8 Å². The number of carbonyl (C=O) groups excluding carboxylic acids is 1. The van der Waals surface area contributed by atoms with E-state index in [1.807, 2.05) is 0 Å². The van der Waals surface area contributed by atoms with Crippen molar-refractivity contribution in [3.05, 3.63) is 129 Å². The van der Waals surface area contributed by atoms with Crippen molar-refractivity contribution in [1.29, 1.82) is 0 Å². The number of aromatic nitrogens is 1. The van der Waals surface area contributed by atoms with Gasteiger partial charge in [0.05, 0.1) is 45.4 Å². The van der Waals surface area contributed by atoms with Gasteiger partial charge in [-0.1, -0.05) is 53.8 Å². The second kappa shape index (κ2) is 11.7. The first-order valence-electron chi connectivity index (χ1n) is 12.7. The van der Waals surface area contributed by atoms with Crippen LogP contribution in [0.2, 0.25) is 0 Å². The van der Waals surface area contributed by atoms with Crippen molar-refractivity contribution < 1.29 is 29.2 Å². The number of thiazole rings is 1. The number of benzene rings is 3. The van der Waals surface area contributed by atoms with Gasteiger partial charge in [0, 0.05) is 17.7 Å². The fraction of sp³-hybridized carbons (Fsp3) is 0.138. The minimum atomic E-state index is -1.10. The number of nitro groups is 2. The van der Waals surface area contributed by atoms with Crippen LogP contribution in [-0.4, -0.2) is 39.2 Å². The van der Waals surface area contributed by atoms with Crippen LogP contribution in [0.4, 0.5) is 11.4 Å². The highest BCUT2D eigenvalue weighted by molar-refractivity contribution is 7.07. The van der Waals surface area contributed by atoms with Crippen molar-refractivity contribution in [1.82, 2.24) is 4.57 Å². The average molecular weight is 603 g/mol. The number of phenolic OH excluding ortho intramolecular Hbond substituents is 1. The van der Waals surface area contributed by atoms with Crippen LogP contribution in [0.1, 0.15) is 29.7 Å². The molecule has 4 aromatic rings. The lowest BCUT2D eigenvalue weighted by Crippen LogP contribution is -2.40. The number of nitro benzene ring substituents is 2. The summed E-state index contributed by atoms with van der Waals surface area (Å²) < 4.78 is 12.2. The van der Waals surface area contributed by atoms with Gasteiger partial charge in [0.15, 0.2) is 4.80 Å². The molecular weight excluding hydrogens is 580 g/mol. The second-order valence-electron chi connectivity index (χ2n) is 9.13. The molecule has 0 amide bonds. The minimum absolute atomic E-state index is 0.0263. The Morgan fingerprint density at radius 2 is 1.74 bits per heavy atom. The van der Waals surface area contributed by atoms with Gasteiger partial charge >= 0.3 is 17.3 Å². The molecule has 1 atom stereocenters. The summed E-state index contributed by atoms with van der Waals surface area (Å²) in [5.74, 6) is -1.31. The number of ether oxygens (including phenoxy) is 2. The van der Waals surface area contributed by atoms with Gasteiger partial charge in [-0.25, -0.2) is 9.79 Å². The maximum absolute atomic E-state index is 14.0. The van der Waals surface area contributed by atoms with Crippen LogP contribution >= 0.6 is 11.3 Å². The van der Waals surface area contributed by atoms with Gasteiger partial charge in [-0.15, -0.1) is 0 Å². The summed E-state index contributed by atoms with van der Waals surface area (Å²) >= 11 is 0.932. The van der Waals surface area contributed by atoms with E-state index in [9.17, 15) is 34.9 Å². The van der Waals surface area contributed by atoms with Gasteiger partial charge in [-0.3, -0.25) is 29.6 Å². The molecule has 1 aromatic heterocycles. The Kier molecular flexibility index (Phi) is 7.86. The predicted octanol–water partition coefficient (Wildman–Crippen LogP) is 3.47. The molecule has 1 aliphatic rings. The first kappa shape index (κ1) is 28.9. The summed E-state index contributed by atoms with van der Waals surface area (Å²) in [6, 6.07) is 16.6.